The molecule has 0 bridgehead atoms. The lowest BCUT2D eigenvalue weighted by molar-refractivity contribution is 0.102. The fourth-order valence-electron chi connectivity index (χ4n) is 3.16. The molecule has 1 saturated heterocycles. The molecule has 0 spiro atoms. The molecule has 2 heterocycles. The molecule has 6 nitrogen and oxygen atoms in total. The van der Waals surface area contributed by atoms with Crippen LogP contribution in [0.15, 0.2) is 42.6 Å². The minimum atomic E-state index is -0.187. The summed E-state index contributed by atoms with van der Waals surface area (Å²) in [6.45, 7) is 4.67. The van der Waals surface area contributed by atoms with Crippen LogP contribution in [0.25, 0.3) is 0 Å². The number of likely N-dealkylation sites (N-methyl/N-ethyl adjacent to an activating group) is 1. The number of para-hydroxylation sites is 1. The van der Waals surface area contributed by atoms with Crippen LogP contribution < -0.4 is 20.3 Å². The summed E-state index contributed by atoms with van der Waals surface area (Å²) in [6.07, 6.45) is 4.84. The van der Waals surface area contributed by atoms with Crippen molar-refractivity contribution in [3.63, 3.8) is 0 Å². The molecule has 27 heavy (non-hydrogen) atoms. The summed E-state index contributed by atoms with van der Waals surface area (Å²) in [7, 11) is 1.99. The summed E-state index contributed by atoms with van der Waals surface area (Å²) >= 11 is 0. The highest BCUT2D eigenvalue weighted by Gasteiger charge is 2.22. The first-order valence-corrected chi connectivity index (χ1v) is 9.62. The third-order valence-electron chi connectivity index (χ3n) is 4.81. The maximum absolute atomic E-state index is 12.7. The number of unbranched alkanes of at least 4 members (excludes halogenated alkanes) is 1. The van der Waals surface area contributed by atoms with Crippen molar-refractivity contribution in [1.82, 2.24) is 10.3 Å². The van der Waals surface area contributed by atoms with Crippen molar-refractivity contribution in [2.24, 2.45) is 0 Å². The average molecular weight is 368 g/mol. The minimum absolute atomic E-state index is 0.187. The standard InChI is InChI=1S/C21H28N4O2/c1-3-4-13-27-19-8-6-5-7-18(19)21(26)24-16-9-10-20(23-14-16)25-12-11-17(15-25)22-2/h5-10,14,17,22H,3-4,11-13,15H2,1-2H3,(H,24,26). The van der Waals surface area contributed by atoms with Gasteiger partial charge in [0.1, 0.15) is 11.6 Å². The van der Waals surface area contributed by atoms with E-state index in [-0.39, 0.29) is 5.91 Å². The van der Waals surface area contributed by atoms with E-state index in [1.807, 2.05) is 37.4 Å². The number of pyridine rings is 1. The number of nitrogens with one attached hydrogen (secondary N) is 2. The molecule has 1 amide bonds. The largest absolute Gasteiger partial charge is 0.493 e. The topological polar surface area (TPSA) is 66.5 Å². The van der Waals surface area contributed by atoms with Gasteiger partial charge in [0.05, 0.1) is 24.1 Å². The third kappa shape index (κ3) is 4.98. The average Bonchev–Trinajstić information content (AvgIpc) is 3.18. The van der Waals surface area contributed by atoms with Crippen LogP contribution in [0.1, 0.15) is 36.5 Å². The van der Waals surface area contributed by atoms with Crippen LogP contribution in [-0.2, 0) is 0 Å². The molecular formula is C21H28N4O2. The Kier molecular flexibility index (Phi) is 6.65. The Hall–Kier alpha value is -2.60. The molecule has 6 heteroatoms. The summed E-state index contributed by atoms with van der Waals surface area (Å²) in [5, 5.41) is 6.22. The van der Waals surface area contributed by atoms with Crippen molar-refractivity contribution in [3.05, 3.63) is 48.2 Å². The van der Waals surface area contributed by atoms with E-state index in [4.69, 9.17) is 4.74 Å². The Balaban J connectivity index is 1.63. The smallest absolute Gasteiger partial charge is 0.259 e. The van der Waals surface area contributed by atoms with Crippen LogP contribution in [0.5, 0.6) is 5.75 Å². The molecule has 1 aliphatic rings. The van der Waals surface area contributed by atoms with E-state index in [0.717, 1.165) is 38.2 Å². The normalized spacial score (nSPS) is 16.4. The van der Waals surface area contributed by atoms with Crippen LogP contribution in [-0.4, -0.2) is 43.7 Å². The maximum atomic E-state index is 12.7. The summed E-state index contributed by atoms with van der Waals surface area (Å²) in [6, 6.07) is 11.7. The van der Waals surface area contributed by atoms with Crippen LogP contribution in [0, 0.1) is 0 Å². The number of carbonyl (C=O) groups is 1. The number of carbonyl (C=O) groups excluding carboxylic acids is 1. The lowest BCUT2D eigenvalue weighted by atomic mass is 10.2. The van der Waals surface area contributed by atoms with Crippen molar-refractivity contribution < 1.29 is 9.53 Å². The summed E-state index contributed by atoms with van der Waals surface area (Å²) in [5.41, 5.74) is 1.21. The van der Waals surface area contributed by atoms with Gasteiger partial charge in [-0.3, -0.25) is 4.79 Å². The zero-order valence-electron chi connectivity index (χ0n) is 16.1. The van der Waals surface area contributed by atoms with Gasteiger partial charge in [-0.15, -0.1) is 0 Å². The van der Waals surface area contributed by atoms with Crippen molar-refractivity contribution >= 4 is 17.4 Å². The second-order valence-corrected chi connectivity index (χ2v) is 6.78. The second kappa shape index (κ2) is 9.37. The van der Waals surface area contributed by atoms with Crippen LogP contribution in [0.3, 0.4) is 0 Å². The highest BCUT2D eigenvalue weighted by atomic mass is 16.5. The molecule has 1 atom stereocenters. The van der Waals surface area contributed by atoms with E-state index >= 15 is 0 Å². The van der Waals surface area contributed by atoms with E-state index < -0.39 is 0 Å². The highest BCUT2D eigenvalue weighted by molar-refractivity contribution is 6.06. The molecule has 0 saturated carbocycles. The first-order chi connectivity index (χ1) is 13.2. The molecule has 2 aromatic rings. The third-order valence-corrected chi connectivity index (χ3v) is 4.81. The monoisotopic (exact) mass is 368 g/mol. The van der Waals surface area contributed by atoms with E-state index in [1.54, 1.807) is 12.3 Å². The zero-order valence-corrected chi connectivity index (χ0v) is 16.1. The molecule has 1 fully saturated rings. The first kappa shape index (κ1) is 19.2. The van der Waals surface area contributed by atoms with Crippen LogP contribution in [0.2, 0.25) is 0 Å². The van der Waals surface area contributed by atoms with Gasteiger partial charge in [0.25, 0.3) is 5.91 Å². The van der Waals surface area contributed by atoms with Crippen molar-refractivity contribution in [2.45, 2.75) is 32.2 Å². The Morgan fingerprint density at radius 3 is 2.85 bits per heavy atom. The van der Waals surface area contributed by atoms with Crippen molar-refractivity contribution in [3.8, 4) is 5.75 Å². The Morgan fingerprint density at radius 1 is 1.30 bits per heavy atom. The molecule has 2 N–H and O–H groups in total. The van der Waals surface area contributed by atoms with Crippen LogP contribution >= 0.6 is 0 Å². The number of hydrogen-bond donors (Lipinski definition) is 2. The summed E-state index contributed by atoms with van der Waals surface area (Å²) in [4.78, 5) is 19.4. The number of benzene rings is 1. The van der Waals surface area contributed by atoms with Gasteiger partial charge in [-0.2, -0.15) is 0 Å². The lowest BCUT2D eigenvalue weighted by Crippen LogP contribution is -2.29. The number of anilines is 2. The van der Waals surface area contributed by atoms with Gasteiger partial charge in [-0.05, 0) is 44.2 Å². The van der Waals surface area contributed by atoms with Gasteiger partial charge in [-0.1, -0.05) is 25.5 Å². The lowest BCUT2D eigenvalue weighted by Gasteiger charge is -2.17. The van der Waals surface area contributed by atoms with Crippen molar-refractivity contribution in [1.29, 1.82) is 0 Å². The Morgan fingerprint density at radius 2 is 2.15 bits per heavy atom. The number of hydrogen-bond acceptors (Lipinski definition) is 5. The molecule has 0 aliphatic carbocycles. The van der Waals surface area contributed by atoms with Crippen LogP contribution in [0.4, 0.5) is 11.5 Å². The minimum Gasteiger partial charge on any atom is -0.493 e. The Bertz CT molecular complexity index is 748. The van der Waals surface area contributed by atoms with E-state index in [0.29, 0.717) is 29.6 Å². The van der Waals surface area contributed by atoms with E-state index in [2.05, 4.69) is 27.4 Å². The molecule has 1 aromatic heterocycles. The summed E-state index contributed by atoms with van der Waals surface area (Å²) < 4.78 is 5.75. The van der Waals surface area contributed by atoms with Gasteiger partial charge < -0.3 is 20.3 Å². The molecule has 3 rings (SSSR count). The Labute approximate surface area is 160 Å². The van der Waals surface area contributed by atoms with Crippen molar-refractivity contribution in [2.75, 3.05) is 37.0 Å². The molecular weight excluding hydrogens is 340 g/mol. The molecule has 1 aliphatic heterocycles. The number of aromatic nitrogens is 1. The summed E-state index contributed by atoms with van der Waals surface area (Å²) in [5.74, 6) is 1.37. The van der Waals surface area contributed by atoms with E-state index in [1.165, 1.54) is 0 Å². The van der Waals surface area contributed by atoms with Gasteiger partial charge in [0.15, 0.2) is 0 Å². The second-order valence-electron chi connectivity index (χ2n) is 6.78. The fraction of sp³-hybridized carbons (Fsp3) is 0.429. The quantitative estimate of drug-likeness (QED) is 0.700. The van der Waals surface area contributed by atoms with Gasteiger partial charge in [0, 0.05) is 19.1 Å². The highest BCUT2D eigenvalue weighted by Crippen LogP contribution is 2.22. The van der Waals surface area contributed by atoms with E-state index in [9.17, 15) is 4.79 Å². The molecule has 144 valence electrons. The van der Waals surface area contributed by atoms with Gasteiger partial charge in [-0.25, -0.2) is 4.98 Å². The van der Waals surface area contributed by atoms with Gasteiger partial charge >= 0.3 is 0 Å². The number of amides is 1. The molecule has 1 unspecified atom stereocenters. The predicted molar refractivity (Wildman–Crippen MR) is 109 cm³/mol. The number of ether oxygens (including phenoxy) is 1. The van der Waals surface area contributed by atoms with Gasteiger partial charge in [0.2, 0.25) is 0 Å². The molecule has 1 aromatic carbocycles. The first-order valence-electron chi connectivity index (χ1n) is 9.62. The molecule has 0 radical (unpaired) electrons. The SMILES string of the molecule is CCCCOc1ccccc1C(=O)Nc1ccc(N2CCC(NC)C2)nc1. The maximum Gasteiger partial charge on any atom is 0.259 e. The number of rotatable bonds is 8. The fourth-order valence-corrected chi connectivity index (χ4v) is 3.16. The number of nitrogens with zero attached hydrogens (tertiary/aromatic N) is 2. The zero-order chi connectivity index (χ0) is 19.1. The predicted octanol–water partition coefficient (Wildman–Crippen LogP) is 3.31.